The molecule has 0 saturated heterocycles. The zero-order chi connectivity index (χ0) is 21.7. The van der Waals surface area contributed by atoms with Gasteiger partial charge >= 0.3 is 11.9 Å². The number of nitrogens with one attached hydrogen (secondary N) is 1. The van der Waals surface area contributed by atoms with E-state index < -0.39 is 11.9 Å². The van der Waals surface area contributed by atoms with Gasteiger partial charge in [0.2, 0.25) is 5.88 Å². The van der Waals surface area contributed by atoms with Crippen molar-refractivity contribution in [3.05, 3.63) is 59.1 Å². The summed E-state index contributed by atoms with van der Waals surface area (Å²) in [5.74, 6) is -0.0895. The summed E-state index contributed by atoms with van der Waals surface area (Å²) < 4.78 is 15.9. The van der Waals surface area contributed by atoms with Gasteiger partial charge in [-0.2, -0.15) is 0 Å². The van der Waals surface area contributed by atoms with E-state index >= 15 is 0 Å². The lowest BCUT2D eigenvalue weighted by atomic mass is 10.1. The number of aryl methyl sites for hydroxylation is 2. The van der Waals surface area contributed by atoms with Gasteiger partial charge in [-0.05, 0) is 27.7 Å². The SMILES string of the molecule is CCOC(=O)c1c(C)oc(Nc2cc(-c3ccccc3)nc(C)n2)c1C(=O)OCC. The van der Waals surface area contributed by atoms with Crippen LogP contribution < -0.4 is 5.32 Å². The average molecular weight is 409 g/mol. The fourth-order valence-corrected chi connectivity index (χ4v) is 2.98. The Labute approximate surface area is 174 Å². The summed E-state index contributed by atoms with van der Waals surface area (Å²) in [6, 6.07) is 11.4. The molecule has 3 rings (SSSR count). The van der Waals surface area contributed by atoms with Crippen LogP contribution in [0.25, 0.3) is 11.3 Å². The Bertz CT molecular complexity index is 1060. The Kier molecular flexibility index (Phi) is 6.46. The summed E-state index contributed by atoms with van der Waals surface area (Å²) in [6.45, 7) is 7.03. The van der Waals surface area contributed by atoms with Gasteiger partial charge in [0, 0.05) is 11.6 Å². The molecule has 0 fully saturated rings. The smallest absolute Gasteiger partial charge is 0.344 e. The third-order valence-corrected chi connectivity index (χ3v) is 4.19. The number of nitrogens with zero attached hydrogens (tertiary/aromatic N) is 2. The molecule has 2 heterocycles. The first kappa shape index (κ1) is 21.0. The second kappa shape index (κ2) is 9.21. The predicted molar refractivity (Wildman–Crippen MR) is 111 cm³/mol. The lowest BCUT2D eigenvalue weighted by Gasteiger charge is -2.09. The van der Waals surface area contributed by atoms with Gasteiger partial charge in [0.1, 0.15) is 28.5 Å². The van der Waals surface area contributed by atoms with E-state index in [9.17, 15) is 9.59 Å². The minimum atomic E-state index is -0.686. The van der Waals surface area contributed by atoms with E-state index in [-0.39, 0.29) is 36.0 Å². The van der Waals surface area contributed by atoms with E-state index in [1.54, 1.807) is 33.8 Å². The molecule has 0 spiro atoms. The largest absolute Gasteiger partial charge is 0.462 e. The number of benzene rings is 1. The number of esters is 2. The van der Waals surface area contributed by atoms with Gasteiger partial charge < -0.3 is 19.2 Å². The summed E-state index contributed by atoms with van der Waals surface area (Å²) in [5, 5.41) is 2.99. The van der Waals surface area contributed by atoms with Crippen LogP contribution in [0.3, 0.4) is 0 Å². The van der Waals surface area contributed by atoms with Crippen molar-refractivity contribution in [3.63, 3.8) is 0 Å². The number of carbonyl (C=O) groups excluding carboxylic acids is 2. The van der Waals surface area contributed by atoms with Gasteiger partial charge in [0.05, 0.1) is 18.9 Å². The first-order valence-electron chi connectivity index (χ1n) is 9.60. The molecule has 0 bridgehead atoms. The van der Waals surface area contributed by atoms with Gasteiger partial charge in [-0.25, -0.2) is 19.6 Å². The van der Waals surface area contributed by atoms with Gasteiger partial charge in [-0.1, -0.05) is 30.3 Å². The number of anilines is 2. The monoisotopic (exact) mass is 409 g/mol. The molecule has 156 valence electrons. The summed E-state index contributed by atoms with van der Waals surface area (Å²) in [6.07, 6.45) is 0. The highest BCUT2D eigenvalue weighted by Gasteiger charge is 2.31. The highest BCUT2D eigenvalue weighted by molar-refractivity contribution is 6.07. The van der Waals surface area contributed by atoms with Crippen LogP contribution in [0.4, 0.5) is 11.7 Å². The molecule has 1 N–H and O–H groups in total. The van der Waals surface area contributed by atoms with Crippen LogP contribution in [-0.2, 0) is 9.47 Å². The molecular weight excluding hydrogens is 386 g/mol. The molecule has 30 heavy (non-hydrogen) atoms. The third kappa shape index (κ3) is 4.48. The van der Waals surface area contributed by atoms with Crippen LogP contribution in [0, 0.1) is 13.8 Å². The van der Waals surface area contributed by atoms with Crippen LogP contribution in [0.1, 0.15) is 46.1 Å². The van der Waals surface area contributed by atoms with Gasteiger partial charge in [-0.15, -0.1) is 0 Å². The van der Waals surface area contributed by atoms with Crippen molar-refractivity contribution in [2.75, 3.05) is 18.5 Å². The van der Waals surface area contributed by atoms with E-state index in [4.69, 9.17) is 13.9 Å². The van der Waals surface area contributed by atoms with E-state index in [0.29, 0.717) is 17.3 Å². The lowest BCUT2D eigenvalue weighted by Crippen LogP contribution is -2.14. The Morgan fingerprint density at radius 3 is 2.23 bits per heavy atom. The zero-order valence-corrected chi connectivity index (χ0v) is 17.3. The molecule has 0 amide bonds. The van der Waals surface area contributed by atoms with Crippen molar-refractivity contribution in [2.45, 2.75) is 27.7 Å². The van der Waals surface area contributed by atoms with E-state index in [1.165, 1.54) is 0 Å². The molecule has 2 aromatic heterocycles. The van der Waals surface area contributed by atoms with Crippen molar-refractivity contribution in [1.82, 2.24) is 9.97 Å². The summed E-state index contributed by atoms with van der Waals surface area (Å²) in [5.41, 5.74) is 1.63. The van der Waals surface area contributed by atoms with E-state index in [0.717, 1.165) is 5.56 Å². The first-order valence-corrected chi connectivity index (χ1v) is 9.60. The summed E-state index contributed by atoms with van der Waals surface area (Å²) >= 11 is 0. The van der Waals surface area contributed by atoms with E-state index in [2.05, 4.69) is 15.3 Å². The Balaban J connectivity index is 2.04. The van der Waals surface area contributed by atoms with Crippen LogP contribution in [0.2, 0.25) is 0 Å². The van der Waals surface area contributed by atoms with Gasteiger partial charge in [0.15, 0.2) is 0 Å². The molecule has 8 heteroatoms. The fourth-order valence-electron chi connectivity index (χ4n) is 2.98. The number of aromatic nitrogens is 2. The van der Waals surface area contributed by atoms with Crippen molar-refractivity contribution in [3.8, 4) is 11.3 Å². The van der Waals surface area contributed by atoms with Gasteiger partial charge in [0.25, 0.3) is 0 Å². The highest BCUT2D eigenvalue weighted by atomic mass is 16.5. The molecule has 0 aliphatic carbocycles. The minimum absolute atomic E-state index is 0.0228. The molecule has 0 atom stereocenters. The summed E-state index contributed by atoms with van der Waals surface area (Å²) in [7, 11) is 0. The second-order valence-corrected chi connectivity index (χ2v) is 6.35. The van der Waals surface area contributed by atoms with Crippen LogP contribution in [-0.4, -0.2) is 35.1 Å². The number of rotatable bonds is 7. The number of carbonyl (C=O) groups is 2. The molecule has 8 nitrogen and oxygen atoms in total. The molecule has 0 radical (unpaired) electrons. The maximum absolute atomic E-state index is 12.6. The Hall–Kier alpha value is -3.68. The normalized spacial score (nSPS) is 10.5. The quantitative estimate of drug-likeness (QED) is 0.571. The molecule has 0 saturated carbocycles. The third-order valence-electron chi connectivity index (χ3n) is 4.19. The molecule has 0 aliphatic heterocycles. The highest BCUT2D eigenvalue weighted by Crippen LogP contribution is 2.31. The van der Waals surface area contributed by atoms with Gasteiger partial charge in [-0.3, -0.25) is 0 Å². The molecule has 0 unspecified atom stereocenters. The topological polar surface area (TPSA) is 104 Å². The Morgan fingerprint density at radius 1 is 0.967 bits per heavy atom. The first-order chi connectivity index (χ1) is 14.4. The van der Waals surface area contributed by atoms with Crippen molar-refractivity contribution in [1.29, 1.82) is 0 Å². The molecule has 1 aromatic carbocycles. The predicted octanol–water partition coefficient (Wildman–Crippen LogP) is 4.45. The number of hydrogen-bond acceptors (Lipinski definition) is 8. The van der Waals surface area contributed by atoms with Crippen LogP contribution in [0.15, 0.2) is 40.8 Å². The van der Waals surface area contributed by atoms with Crippen molar-refractivity contribution >= 4 is 23.6 Å². The average Bonchev–Trinajstić information content (AvgIpc) is 3.04. The zero-order valence-electron chi connectivity index (χ0n) is 17.3. The van der Waals surface area contributed by atoms with Crippen LogP contribution in [0.5, 0.6) is 0 Å². The molecule has 0 aliphatic rings. The number of hydrogen-bond donors (Lipinski definition) is 1. The molecular formula is C22H23N3O5. The lowest BCUT2D eigenvalue weighted by molar-refractivity contribution is 0.0480. The standard InChI is InChI=1S/C22H23N3O5/c1-5-28-21(26)18-13(3)30-20(19(18)22(27)29-6-2)25-17-12-16(23-14(4)24-17)15-10-8-7-9-11-15/h7-12H,5-6H2,1-4H3,(H,23,24,25). The van der Waals surface area contributed by atoms with Crippen molar-refractivity contribution in [2.24, 2.45) is 0 Å². The Morgan fingerprint density at radius 2 is 1.60 bits per heavy atom. The van der Waals surface area contributed by atoms with Crippen LogP contribution >= 0.6 is 0 Å². The number of furan rings is 1. The van der Waals surface area contributed by atoms with E-state index in [1.807, 2.05) is 30.3 Å². The fraction of sp³-hybridized carbons (Fsp3) is 0.273. The molecule has 3 aromatic rings. The number of ether oxygens (including phenoxy) is 2. The minimum Gasteiger partial charge on any atom is -0.462 e. The maximum Gasteiger partial charge on any atom is 0.344 e. The summed E-state index contributed by atoms with van der Waals surface area (Å²) in [4.78, 5) is 33.8. The maximum atomic E-state index is 12.6. The second-order valence-electron chi connectivity index (χ2n) is 6.35. The van der Waals surface area contributed by atoms with Crippen molar-refractivity contribution < 1.29 is 23.5 Å².